The van der Waals surface area contributed by atoms with Gasteiger partial charge in [0.2, 0.25) is 11.8 Å². The van der Waals surface area contributed by atoms with E-state index in [1.54, 1.807) is 0 Å². The lowest BCUT2D eigenvalue weighted by Gasteiger charge is -2.30. The summed E-state index contributed by atoms with van der Waals surface area (Å²) < 4.78 is 0. The number of nitrogens with zero attached hydrogens (tertiary/aromatic N) is 1. The highest BCUT2D eigenvalue weighted by atomic mass is 16.2. The van der Waals surface area contributed by atoms with E-state index in [4.69, 9.17) is 0 Å². The van der Waals surface area contributed by atoms with Crippen molar-refractivity contribution in [2.24, 2.45) is 5.92 Å². The molecule has 5 heteroatoms. The van der Waals surface area contributed by atoms with Crippen LogP contribution >= 0.6 is 0 Å². The number of imide groups is 2. The maximum absolute atomic E-state index is 12.8. The quantitative estimate of drug-likeness (QED) is 0.842. The van der Waals surface area contributed by atoms with E-state index in [2.05, 4.69) is 19.2 Å². The normalized spacial score (nSPS) is 17.6. The minimum absolute atomic E-state index is 0.154. The molecule has 1 heterocycles. The van der Waals surface area contributed by atoms with Gasteiger partial charge in [-0.25, -0.2) is 4.79 Å². The Kier molecular flexibility index (Phi) is 5.16. The lowest BCUT2D eigenvalue weighted by Crippen LogP contribution is -2.57. The van der Waals surface area contributed by atoms with Crippen molar-refractivity contribution in [3.8, 4) is 0 Å². The summed E-state index contributed by atoms with van der Waals surface area (Å²) in [6.45, 7) is 4.38. The van der Waals surface area contributed by atoms with E-state index >= 15 is 0 Å². The van der Waals surface area contributed by atoms with E-state index in [-0.39, 0.29) is 13.0 Å². The van der Waals surface area contributed by atoms with Gasteiger partial charge in [-0.2, -0.15) is 0 Å². The highest BCUT2D eigenvalue weighted by Crippen LogP contribution is 2.20. The predicted octanol–water partition coefficient (Wildman–Crippen LogP) is 3.25. The predicted molar refractivity (Wildman–Crippen MR) is 98.3 cm³/mol. The molecule has 0 aliphatic carbocycles. The van der Waals surface area contributed by atoms with Gasteiger partial charge in [-0.05, 0) is 29.0 Å². The van der Waals surface area contributed by atoms with E-state index in [1.165, 1.54) is 5.56 Å². The van der Waals surface area contributed by atoms with Gasteiger partial charge < -0.3 is 0 Å². The van der Waals surface area contributed by atoms with E-state index < -0.39 is 23.8 Å². The molecule has 1 N–H and O–H groups in total. The van der Waals surface area contributed by atoms with Crippen molar-refractivity contribution in [3.63, 3.8) is 0 Å². The second-order valence-corrected chi connectivity index (χ2v) is 6.86. The molecule has 5 nitrogen and oxygen atoms in total. The number of barbiturate groups is 1. The molecule has 0 saturated carbocycles. The second kappa shape index (κ2) is 7.52. The van der Waals surface area contributed by atoms with Crippen molar-refractivity contribution in [3.05, 3.63) is 71.3 Å². The molecule has 1 fully saturated rings. The fraction of sp³-hybridized carbons (Fsp3) is 0.286. The van der Waals surface area contributed by atoms with Gasteiger partial charge in [-0.15, -0.1) is 0 Å². The van der Waals surface area contributed by atoms with Crippen molar-refractivity contribution in [2.45, 2.75) is 32.7 Å². The smallest absolute Gasteiger partial charge is 0.277 e. The fourth-order valence-electron chi connectivity index (χ4n) is 3.03. The molecular weight excluding hydrogens is 328 g/mol. The summed E-state index contributed by atoms with van der Waals surface area (Å²) in [6, 6.07) is 16.5. The van der Waals surface area contributed by atoms with Crippen LogP contribution in [0.1, 0.15) is 36.5 Å². The van der Waals surface area contributed by atoms with Gasteiger partial charge in [-0.3, -0.25) is 19.8 Å². The molecule has 0 radical (unpaired) electrons. The number of rotatable bonds is 5. The molecule has 2 aromatic carbocycles. The molecule has 4 amide bonds. The van der Waals surface area contributed by atoms with Crippen LogP contribution in [0, 0.1) is 5.92 Å². The Balaban J connectivity index is 1.76. The first-order valence-corrected chi connectivity index (χ1v) is 8.74. The van der Waals surface area contributed by atoms with E-state index in [0.717, 1.165) is 16.0 Å². The fourth-order valence-corrected chi connectivity index (χ4v) is 3.03. The first kappa shape index (κ1) is 17.9. The van der Waals surface area contributed by atoms with Crippen LogP contribution in [0.3, 0.4) is 0 Å². The Hall–Kier alpha value is -2.95. The van der Waals surface area contributed by atoms with E-state index in [1.807, 2.05) is 54.6 Å². The summed E-state index contributed by atoms with van der Waals surface area (Å²) in [5, 5.41) is 2.31. The molecule has 0 aromatic heterocycles. The van der Waals surface area contributed by atoms with Crippen LogP contribution < -0.4 is 5.32 Å². The number of amides is 4. The Morgan fingerprint density at radius 3 is 2.19 bits per heavy atom. The maximum atomic E-state index is 12.8. The Morgan fingerprint density at radius 2 is 1.58 bits per heavy atom. The number of urea groups is 1. The largest absolute Gasteiger partial charge is 0.331 e. The molecule has 3 rings (SSSR count). The zero-order chi connectivity index (χ0) is 18.7. The van der Waals surface area contributed by atoms with Crippen LogP contribution in [0.5, 0.6) is 0 Å². The van der Waals surface area contributed by atoms with Crippen molar-refractivity contribution < 1.29 is 14.4 Å². The zero-order valence-corrected chi connectivity index (χ0v) is 14.9. The van der Waals surface area contributed by atoms with Crippen molar-refractivity contribution in [1.82, 2.24) is 10.2 Å². The number of carbonyl (C=O) groups is 3. The van der Waals surface area contributed by atoms with Crippen LogP contribution in [0.2, 0.25) is 0 Å². The highest BCUT2D eigenvalue weighted by molar-refractivity contribution is 6.16. The summed E-state index contributed by atoms with van der Waals surface area (Å²) in [5.74, 6) is -1.45. The number of hydrogen-bond acceptors (Lipinski definition) is 3. The van der Waals surface area contributed by atoms with Gasteiger partial charge in [0.15, 0.2) is 0 Å². The van der Waals surface area contributed by atoms with Crippen molar-refractivity contribution in [2.75, 3.05) is 0 Å². The SMILES string of the molecule is CC(C)c1ccc(C[C@@H]2C(=O)NC(=O)N(Cc3ccccc3)C2=O)cc1. The molecule has 26 heavy (non-hydrogen) atoms. The molecule has 1 aliphatic heterocycles. The van der Waals surface area contributed by atoms with Gasteiger partial charge in [0, 0.05) is 0 Å². The summed E-state index contributed by atoms with van der Waals surface area (Å²) >= 11 is 0. The first-order chi connectivity index (χ1) is 12.5. The zero-order valence-electron chi connectivity index (χ0n) is 14.9. The van der Waals surface area contributed by atoms with E-state index in [0.29, 0.717) is 5.92 Å². The maximum Gasteiger partial charge on any atom is 0.331 e. The first-order valence-electron chi connectivity index (χ1n) is 8.74. The second-order valence-electron chi connectivity index (χ2n) is 6.86. The molecular formula is C21H22N2O3. The third kappa shape index (κ3) is 3.82. The van der Waals surface area contributed by atoms with E-state index in [9.17, 15) is 14.4 Å². The van der Waals surface area contributed by atoms with Gasteiger partial charge >= 0.3 is 6.03 Å². The third-order valence-electron chi connectivity index (χ3n) is 4.63. The number of benzene rings is 2. The Bertz CT molecular complexity index is 813. The monoisotopic (exact) mass is 350 g/mol. The summed E-state index contributed by atoms with van der Waals surface area (Å²) in [5.41, 5.74) is 2.94. The Morgan fingerprint density at radius 1 is 0.923 bits per heavy atom. The summed E-state index contributed by atoms with van der Waals surface area (Å²) in [4.78, 5) is 38.2. The van der Waals surface area contributed by atoms with Gasteiger partial charge in [0.05, 0.1) is 6.54 Å². The molecule has 1 aliphatic rings. The molecule has 0 bridgehead atoms. The average Bonchev–Trinajstić information content (AvgIpc) is 2.63. The molecule has 2 aromatic rings. The van der Waals surface area contributed by atoms with Crippen molar-refractivity contribution in [1.29, 1.82) is 0 Å². The molecule has 134 valence electrons. The average molecular weight is 350 g/mol. The standard InChI is InChI=1S/C21H22N2O3/c1-14(2)17-10-8-15(9-11-17)12-18-19(24)22-21(26)23(20(18)25)13-16-6-4-3-5-7-16/h3-11,14,18H,12-13H2,1-2H3,(H,22,24,26)/t18-/m1/s1. The van der Waals surface area contributed by atoms with Crippen LogP contribution in [-0.4, -0.2) is 22.7 Å². The van der Waals surface area contributed by atoms with Crippen LogP contribution in [0.25, 0.3) is 0 Å². The highest BCUT2D eigenvalue weighted by Gasteiger charge is 2.40. The van der Waals surface area contributed by atoms with Gasteiger partial charge in [0.1, 0.15) is 5.92 Å². The van der Waals surface area contributed by atoms with Crippen LogP contribution in [-0.2, 0) is 22.6 Å². The van der Waals surface area contributed by atoms with Crippen molar-refractivity contribution >= 4 is 17.8 Å². The molecule has 1 atom stereocenters. The molecule has 0 spiro atoms. The molecule has 1 saturated heterocycles. The van der Waals surface area contributed by atoms with Crippen LogP contribution in [0.4, 0.5) is 4.79 Å². The lowest BCUT2D eigenvalue weighted by atomic mass is 9.93. The summed E-state index contributed by atoms with van der Waals surface area (Å²) in [6.07, 6.45) is 0.279. The minimum atomic E-state index is -0.888. The lowest BCUT2D eigenvalue weighted by molar-refractivity contribution is -0.142. The summed E-state index contributed by atoms with van der Waals surface area (Å²) in [7, 11) is 0. The number of carbonyl (C=O) groups excluding carboxylic acids is 3. The minimum Gasteiger partial charge on any atom is -0.277 e. The van der Waals surface area contributed by atoms with Crippen LogP contribution in [0.15, 0.2) is 54.6 Å². The Labute approximate surface area is 153 Å². The number of nitrogens with one attached hydrogen (secondary N) is 1. The molecule has 0 unspecified atom stereocenters. The number of hydrogen-bond donors (Lipinski definition) is 1. The third-order valence-corrected chi connectivity index (χ3v) is 4.63. The van der Waals surface area contributed by atoms with Gasteiger partial charge in [-0.1, -0.05) is 68.4 Å². The topological polar surface area (TPSA) is 66.5 Å². The van der Waals surface area contributed by atoms with Gasteiger partial charge in [0.25, 0.3) is 0 Å².